The molecule has 0 spiro atoms. The highest BCUT2D eigenvalue weighted by Crippen LogP contribution is 2.38. The molecule has 1 aromatic rings. The van der Waals surface area contributed by atoms with E-state index in [-0.39, 0.29) is 5.91 Å². The van der Waals surface area contributed by atoms with E-state index in [1.807, 2.05) is 43.0 Å². The molecule has 0 radical (unpaired) electrons. The quantitative estimate of drug-likeness (QED) is 0.870. The molecule has 2 aliphatic rings. The van der Waals surface area contributed by atoms with Gasteiger partial charge >= 0.3 is 6.03 Å². The largest absolute Gasteiger partial charge is 0.332 e. The topological polar surface area (TPSA) is 65.0 Å². The summed E-state index contributed by atoms with van der Waals surface area (Å²) in [6.07, 6.45) is 3.06. The van der Waals surface area contributed by atoms with Gasteiger partial charge in [-0.1, -0.05) is 50.4 Å². The molecular weight excluding hydrogens is 340 g/mol. The van der Waals surface area contributed by atoms with Gasteiger partial charge in [-0.2, -0.15) is 0 Å². The molecule has 0 unspecified atom stereocenters. The van der Waals surface area contributed by atoms with Crippen molar-refractivity contribution < 1.29 is 9.59 Å². The molecule has 3 rings (SSSR count). The first-order chi connectivity index (χ1) is 12.0. The van der Waals surface area contributed by atoms with Gasteiger partial charge in [0, 0.05) is 0 Å². The minimum atomic E-state index is -0.718. The van der Waals surface area contributed by atoms with E-state index in [0.29, 0.717) is 37.0 Å². The Morgan fingerprint density at radius 1 is 1.20 bits per heavy atom. The number of aliphatic imine (C=N–C) groups is 1. The maximum atomic E-state index is 12.7. The second-order valence-electron chi connectivity index (χ2n) is 6.53. The normalized spacial score (nSPS) is 19.4. The molecule has 134 valence electrons. The minimum Gasteiger partial charge on any atom is -0.332 e. The van der Waals surface area contributed by atoms with Crippen LogP contribution in [0.3, 0.4) is 0 Å². The molecule has 0 bridgehead atoms. The lowest BCUT2D eigenvalue weighted by molar-refractivity contribution is -0.128. The molecule has 1 aromatic carbocycles. The summed E-state index contributed by atoms with van der Waals surface area (Å²) in [4.78, 5) is 33.3. The molecule has 6 nitrogen and oxygen atoms in total. The zero-order valence-electron chi connectivity index (χ0n) is 14.6. The van der Waals surface area contributed by atoms with Crippen LogP contribution in [0.2, 0.25) is 5.02 Å². The number of imide groups is 1. The molecule has 1 fully saturated rings. The summed E-state index contributed by atoms with van der Waals surface area (Å²) >= 11 is 6.28. The molecule has 2 aliphatic heterocycles. The number of carbonyl (C=O) groups excluding carboxylic acids is 2. The Morgan fingerprint density at radius 2 is 1.88 bits per heavy atom. The number of rotatable bonds is 5. The first-order valence-corrected chi connectivity index (χ1v) is 9.08. The number of para-hydroxylation sites is 1. The number of nitrogens with one attached hydrogen (secondary N) is 1. The lowest BCUT2D eigenvalue weighted by Gasteiger charge is -2.46. The van der Waals surface area contributed by atoms with Crippen molar-refractivity contribution in [2.45, 2.75) is 39.5 Å². The van der Waals surface area contributed by atoms with Crippen LogP contribution in [0.1, 0.15) is 39.5 Å². The van der Waals surface area contributed by atoms with Crippen molar-refractivity contribution >= 4 is 35.1 Å². The van der Waals surface area contributed by atoms with Gasteiger partial charge in [-0.25, -0.2) is 9.79 Å². The van der Waals surface area contributed by atoms with Gasteiger partial charge in [-0.05, 0) is 25.0 Å². The van der Waals surface area contributed by atoms with Crippen LogP contribution in [0.25, 0.3) is 0 Å². The van der Waals surface area contributed by atoms with Gasteiger partial charge in [0.25, 0.3) is 0 Å². The highest BCUT2D eigenvalue weighted by atomic mass is 35.5. The van der Waals surface area contributed by atoms with Crippen LogP contribution in [0.5, 0.6) is 0 Å². The van der Waals surface area contributed by atoms with E-state index in [4.69, 9.17) is 11.6 Å². The summed E-state index contributed by atoms with van der Waals surface area (Å²) in [5, 5.41) is 3.15. The molecule has 0 atom stereocenters. The zero-order valence-corrected chi connectivity index (χ0v) is 15.3. The monoisotopic (exact) mass is 362 g/mol. The number of amides is 3. The predicted octanol–water partition coefficient (Wildman–Crippen LogP) is 3.61. The molecule has 1 saturated heterocycles. The van der Waals surface area contributed by atoms with Crippen LogP contribution in [0, 0.1) is 5.41 Å². The summed E-state index contributed by atoms with van der Waals surface area (Å²) < 4.78 is 0. The fourth-order valence-corrected chi connectivity index (χ4v) is 4.02. The van der Waals surface area contributed by atoms with Gasteiger partial charge in [0.1, 0.15) is 24.6 Å². The van der Waals surface area contributed by atoms with Gasteiger partial charge in [0.05, 0.1) is 10.7 Å². The summed E-state index contributed by atoms with van der Waals surface area (Å²) in [5.41, 5.74) is 0.109. The number of hydrogen-bond donors (Lipinski definition) is 1. The van der Waals surface area contributed by atoms with Crippen molar-refractivity contribution in [2.24, 2.45) is 10.4 Å². The van der Waals surface area contributed by atoms with Gasteiger partial charge in [-0.15, -0.1) is 0 Å². The molecule has 2 heterocycles. The highest BCUT2D eigenvalue weighted by molar-refractivity contribution is 6.33. The number of fused-ring (bicyclic) bond motifs is 1. The fraction of sp³-hybridized carbons (Fsp3) is 0.500. The van der Waals surface area contributed by atoms with Crippen molar-refractivity contribution in [3.8, 4) is 0 Å². The Balaban J connectivity index is 1.99. The highest BCUT2D eigenvalue weighted by Gasteiger charge is 2.51. The number of anilines is 1. The number of hydrogen-bond acceptors (Lipinski definition) is 4. The van der Waals surface area contributed by atoms with Crippen LogP contribution in [0.4, 0.5) is 10.5 Å². The number of halogens is 1. The van der Waals surface area contributed by atoms with Crippen LogP contribution in [-0.4, -0.2) is 36.0 Å². The first-order valence-electron chi connectivity index (χ1n) is 8.71. The smallest absolute Gasteiger partial charge is 0.331 e. The lowest BCUT2D eigenvalue weighted by Crippen LogP contribution is -2.67. The van der Waals surface area contributed by atoms with Crippen molar-refractivity contribution in [2.75, 3.05) is 18.2 Å². The number of benzene rings is 1. The molecule has 0 aromatic heterocycles. The Bertz CT molecular complexity index is 713. The first kappa shape index (κ1) is 17.7. The molecular formula is C18H23ClN4O2. The van der Waals surface area contributed by atoms with E-state index in [2.05, 4.69) is 10.3 Å². The Labute approximate surface area is 152 Å². The van der Waals surface area contributed by atoms with Gasteiger partial charge < -0.3 is 4.90 Å². The zero-order chi connectivity index (χ0) is 18.0. The van der Waals surface area contributed by atoms with E-state index in [0.717, 1.165) is 18.5 Å². The number of nitrogens with zero attached hydrogens (tertiary/aromatic N) is 3. The average molecular weight is 363 g/mol. The third kappa shape index (κ3) is 2.99. The Hall–Kier alpha value is -2.08. The van der Waals surface area contributed by atoms with Crippen molar-refractivity contribution in [3.63, 3.8) is 0 Å². The third-order valence-electron chi connectivity index (χ3n) is 4.83. The maximum absolute atomic E-state index is 12.7. The van der Waals surface area contributed by atoms with E-state index in [1.54, 1.807) is 4.90 Å². The molecule has 3 amide bonds. The third-order valence-corrected chi connectivity index (χ3v) is 5.15. The summed E-state index contributed by atoms with van der Waals surface area (Å²) in [7, 11) is 0. The lowest BCUT2D eigenvalue weighted by atomic mass is 9.75. The molecule has 1 N–H and O–H groups in total. The maximum Gasteiger partial charge on any atom is 0.331 e. The SMILES string of the molecule is CCCC1(CCC)C(=O)NC(=O)N2CN(c3ccccc3Cl)CN=C21. The number of carbonyl (C=O) groups is 2. The fourth-order valence-electron chi connectivity index (χ4n) is 3.77. The van der Waals surface area contributed by atoms with E-state index >= 15 is 0 Å². The molecule has 7 heteroatoms. The Kier molecular flexibility index (Phi) is 4.99. The summed E-state index contributed by atoms with van der Waals surface area (Å²) in [5.74, 6) is 0.385. The van der Waals surface area contributed by atoms with Crippen LogP contribution in [0.15, 0.2) is 29.3 Å². The average Bonchev–Trinajstić information content (AvgIpc) is 2.60. The number of urea groups is 1. The van der Waals surface area contributed by atoms with Gasteiger partial charge in [0.15, 0.2) is 0 Å². The van der Waals surface area contributed by atoms with Gasteiger partial charge in [0.2, 0.25) is 5.91 Å². The van der Waals surface area contributed by atoms with Crippen LogP contribution < -0.4 is 10.2 Å². The van der Waals surface area contributed by atoms with Crippen LogP contribution in [-0.2, 0) is 4.79 Å². The van der Waals surface area contributed by atoms with E-state index < -0.39 is 11.4 Å². The predicted molar refractivity (Wildman–Crippen MR) is 98.7 cm³/mol. The van der Waals surface area contributed by atoms with E-state index in [9.17, 15) is 9.59 Å². The molecule has 25 heavy (non-hydrogen) atoms. The molecule has 0 aliphatic carbocycles. The Morgan fingerprint density at radius 3 is 2.52 bits per heavy atom. The van der Waals surface area contributed by atoms with Crippen molar-refractivity contribution in [1.29, 1.82) is 0 Å². The van der Waals surface area contributed by atoms with Gasteiger partial charge in [-0.3, -0.25) is 15.0 Å². The summed E-state index contributed by atoms with van der Waals surface area (Å²) in [6, 6.07) is 7.07. The second kappa shape index (κ2) is 7.04. The summed E-state index contributed by atoms with van der Waals surface area (Å²) in [6.45, 7) is 4.80. The van der Waals surface area contributed by atoms with Crippen molar-refractivity contribution in [1.82, 2.24) is 10.2 Å². The van der Waals surface area contributed by atoms with E-state index in [1.165, 1.54) is 0 Å². The minimum absolute atomic E-state index is 0.220. The second-order valence-corrected chi connectivity index (χ2v) is 6.93. The van der Waals surface area contributed by atoms with Crippen LogP contribution >= 0.6 is 11.6 Å². The molecule has 0 saturated carbocycles. The van der Waals surface area contributed by atoms with Crippen molar-refractivity contribution in [3.05, 3.63) is 29.3 Å². The standard InChI is InChI=1S/C18H23ClN4O2/c1-3-9-18(10-4-2)15-20-11-22(14-8-6-5-7-13(14)19)12-23(15)17(25)21-16(18)24/h5-8H,3-4,9-12H2,1-2H3,(H,21,24,25). The number of amidine groups is 1.